The number of amides is 2. The monoisotopic (exact) mass is 401 g/mol. The summed E-state index contributed by atoms with van der Waals surface area (Å²) in [7, 11) is 0. The predicted octanol–water partition coefficient (Wildman–Crippen LogP) is 5.00. The zero-order chi connectivity index (χ0) is 20.9. The molecule has 2 N–H and O–H groups in total. The quantitative estimate of drug-likeness (QED) is 0.474. The Morgan fingerprint density at radius 2 is 1.77 bits per heavy atom. The Hall–Kier alpha value is -4.13. The first-order chi connectivity index (χ1) is 14.6. The Kier molecular flexibility index (Phi) is 5.43. The normalized spacial score (nSPS) is 10.6. The van der Waals surface area contributed by atoms with E-state index in [9.17, 15) is 9.59 Å². The number of aryl methyl sites for hydroxylation is 1. The van der Waals surface area contributed by atoms with Crippen molar-refractivity contribution in [3.05, 3.63) is 89.9 Å². The van der Waals surface area contributed by atoms with E-state index < -0.39 is 5.91 Å². The molecule has 0 spiro atoms. The Balaban J connectivity index is 1.44. The predicted molar refractivity (Wildman–Crippen MR) is 112 cm³/mol. The van der Waals surface area contributed by atoms with Crippen molar-refractivity contribution in [1.29, 1.82) is 0 Å². The summed E-state index contributed by atoms with van der Waals surface area (Å²) in [5, 5.41) is 9.39. The molecule has 2 heterocycles. The van der Waals surface area contributed by atoms with Crippen LogP contribution in [0.3, 0.4) is 0 Å². The second kappa shape index (κ2) is 8.48. The van der Waals surface area contributed by atoms with Crippen LogP contribution in [0, 0.1) is 0 Å². The molecule has 2 aromatic carbocycles. The molecule has 0 saturated heterocycles. The lowest BCUT2D eigenvalue weighted by Gasteiger charge is -2.06. The van der Waals surface area contributed by atoms with Crippen LogP contribution in [0.15, 0.2) is 81.9 Å². The van der Waals surface area contributed by atoms with E-state index in [4.69, 9.17) is 8.94 Å². The van der Waals surface area contributed by atoms with Crippen molar-refractivity contribution < 1.29 is 18.5 Å². The van der Waals surface area contributed by atoms with E-state index in [1.54, 1.807) is 42.5 Å². The number of anilines is 2. The molecular formula is C23H19N3O4. The average Bonchev–Trinajstić information content (AvgIpc) is 3.46. The molecule has 0 aliphatic rings. The van der Waals surface area contributed by atoms with Crippen molar-refractivity contribution in [3.8, 4) is 11.3 Å². The van der Waals surface area contributed by atoms with Gasteiger partial charge in [-0.25, -0.2) is 0 Å². The van der Waals surface area contributed by atoms with Gasteiger partial charge in [-0.3, -0.25) is 14.9 Å². The van der Waals surface area contributed by atoms with E-state index in [0.29, 0.717) is 16.9 Å². The van der Waals surface area contributed by atoms with Gasteiger partial charge in [0.25, 0.3) is 11.8 Å². The summed E-state index contributed by atoms with van der Waals surface area (Å²) in [6.45, 7) is 2.09. The van der Waals surface area contributed by atoms with Crippen LogP contribution in [0.25, 0.3) is 11.3 Å². The highest BCUT2D eigenvalue weighted by Gasteiger charge is 2.13. The highest BCUT2D eigenvalue weighted by Crippen LogP contribution is 2.23. The van der Waals surface area contributed by atoms with E-state index in [2.05, 4.69) is 22.7 Å². The number of carbonyl (C=O) groups excluding carboxylic acids is 2. The van der Waals surface area contributed by atoms with E-state index in [1.807, 2.05) is 24.3 Å². The van der Waals surface area contributed by atoms with Gasteiger partial charge in [-0.15, -0.1) is 0 Å². The third-order valence-corrected chi connectivity index (χ3v) is 4.53. The Morgan fingerprint density at radius 1 is 0.933 bits per heavy atom. The summed E-state index contributed by atoms with van der Waals surface area (Å²) in [6, 6.07) is 19.4. The van der Waals surface area contributed by atoms with Gasteiger partial charge in [0.1, 0.15) is 5.69 Å². The van der Waals surface area contributed by atoms with Gasteiger partial charge in [-0.2, -0.15) is 0 Å². The number of furan rings is 1. The molecule has 4 rings (SSSR count). The third-order valence-electron chi connectivity index (χ3n) is 4.53. The molecule has 0 bridgehead atoms. The standard InChI is InChI=1S/C23H19N3O4/c1-2-15-8-10-16(11-9-15)19-14-21(30-26-19)25-22(27)17-5-3-6-18(13-17)24-23(28)20-7-4-12-29-20/h3-14H,2H2,1H3,(H,24,28)(H,25,27). The van der Waals surface area contributed by atoms with Gasteiger partial charge >= 0.3 is 0 Å². The Labute approximate surface area is 172 Å². The van der Waals surface area contributed by atoms with Gasteiger partial charge in [-0.05, 0) is 42.3 Å². The number of benzene rings is 2. The zero-order valence-corrected chi connectivity index (χ0v) is 16.2. The van der Waals surface area contributed by atoms with E-state index >= 15 is 0 Å². The number of aromatic nitrogens is 1. The first-order valence-electron chi connectivity index (χ1n) is 9.44. The second-order valence-electron chi connectivity index (χ2n) is 6.59. The molecule has 0 unspecified atom stereocenters. The molecule has 0 atom stereocenters. The molecule has 0 fully saturated rings. The first-order valence-corrected chi connectivity index (χ1v) is 9.44. The molecule has 7 nitrogen and oxygen atoms in total. The second-order valence-corrected chi connectivity index (χ2v) is 6.59. The van der Waals surface area contributed by atoms with Gasteiger partial charge in [0, 0.05) is 22.9 Å². The molecule has 4 aromatic rings. The average molecular weight is 401 g/mol. The van der Waals surface area contributed by atoms with Crippen LogP contribution in [-0.2, 0) is 6.42 Å². The summed E-state index contributed by atoms with van der Waals surface area (Å²) in [6.07, 6.45) is 2.38. The maximum absolute atomic E-state index is 12.6. The molecule has 2 amide bonds. The fourth-order valence-electron chi connectivity index (χ4n) is 2.90. The zero-order valence-electron chi connectivity index (χ0n) is 16.2. The molecule has 0 aliphatic carbocycles. The summed E-state index contributed by atoms with van der Waals surface area (Å²) in [4.78, 5) is 24.7. The van der Waals surface area contributed by atoms with Gasteiger partial charge in [-0.1, -0.05) is 42.4 Å². The van der Waals surface area contributed by atoms with Crippen LogP contribution in [-0.4, -0.2) is 17.0 Å². The van der Waals surface area contributed by atoms with Crippen LogP contribution in [0.2, 0.25) is 0 Å². The first kappa shape index (κ1) is 19.2. The highest BCUT2D eigenvalue weighted by molar-refractivity contribution is 6.06. The molecule has 150 valence electrons. The summed E-state index contributed by atoms with van der Waals surface area (Å²) >= 11 is 0. The molecule has 0 radical (unpaired) electrons. The van der Waals surface area contributed by atoms with Gasteiger partial charge in [0.15, 0.2) is 5.76 Å². The van der Waals surface area contributed by atoms with E-state index in [-0.39, 0.29) is 17.6 Å². The van der Waals surface area contributed by atoms with Crippen molar-refractivity contribution in [2.45, 2.75) is 13.3 Å². The van der Waals surface area contributed by atoms with Gasteiger partial charge in [0.05, 0.1) is 6.26 Å². The number of carbonyl (C=O) groups is 2. The van der Waals surface area contributed by atoms with Crippen molar-refractivity contribution >= 4 is 23.4 Å². The molecule has 7 heteroatoms. The molecule has 2 aromatic heterocycles. The van der Waals surface area contributed by atoms with Gasteiger partial charge in [0.2, 0.25) is 5.88 Å². The minimum atomic E-state index is -0.397. The minimum absolute atomic E-state index is 0.186. The van der Waals surface area contributed by atoms with E-state index in [1.165, 1.54) is 11.8 Å². The smallest absolute Gasteiger partial charge is 0.291 e. The Bertz CT molecular complexity index is 1160. The van der Waals surface area contributed by atoms with Crippen LogP contribution in [0.1, 0.15) is 33.4 Å². The lowest BCUT2D eigenvalue weighted by molar-refractivity contribution is 0.0993. The van der Waals surface area contributed by atoms with Gasteiger partial charge < -0.3 is 14.3 Å². The maximum Gasteiger partial charge on any atom is 0.291 e. The third kappa shape index (κ3) is 4.30. The van der Waals surface area contributed by atoms with Crippen LogP contribution in [0.4, 0.5) is 11.6 Å². The lowest BCUT2D eigenvalue weighted by atomic mass is 10.1. The summed E-state index contributed by atoms with van der Waals surface area (Å²) < 4.78 is 10.3. The fraction of sp³-hybridized carbons (Fsp3) is 0.0870. The molecular weight excluding hydrogens is 382 g/mol. The Morgan fingerprint density at radius 3 is 2.50 bits per heavy atom. The highest BCUT2D eigenvalue weighted by atomic mass is 16.5. The van der Waals surface area contributed by atoms with Crippen molar-refractivity contribution in [3.63, 3.8) is 0 Å². The maximum atomic E-state index is 12.6. The number of nitrogens with one attached hydrogen (secondary N) is 2. The lowest BCUT2D eigenvalue weighted by Crippen LogP contribution is -2.14. The summed E-state index contributed by atoms with van der Waals surface area (Å²) in [5.74, 6) is -0.356. The van der Waals surface area contributed by atoms with Crippen LogP contribution in [0.5, 0.6) is 0 Å². The number of nitrogens with zero attached hydrogens (tertiary/aromatic N) is 1. The van der Waals surface area contributed by atoms with Crippen molar-refractivity contribution in [1.82, 2.24) is 5.16 Å². The number of rotatable bonds is 6. The van der Waals surface area contributed by atoms with Crippen LogP contribution < -0.4 is 10.6 Å². The number of hydrogen-bond acceptors (Lipinski definition) is 5. The molecule has 0 saturated carbocycles. The largest absolute Gasteiger partial charge is 0.459 e. The van der Waals surface area contributed by atoms with Crippen molar-refractivity contribution in [2.75, 3.05) is 10.6 Å². The van der Waals surface area contributed by atoms with Crippen molar-refractivity contribution in [2.24, 2.45) is 0 Å². The fourth-order valence-corrected chi connectivity index (χ4v) is 2.90. The SMILES string of the molecule is CCc1ccc(-c2cc(NC(=O)c3cccc(NC(=O)c4ccco4)c3)on2)cc1. The molecule has 30 heavy (non-hydrogen) atoms. The molecule has 0 aliphatic heterocycles. The number of hydrogen-bond donors (Lipinski definition) is 2. The van der Waals surface area contributed by atoms with E-state index in [0.717, 1.165) is 12.0 Å². The topological polar surface area (TPSA) is 97.4 Å². The summed E-state index contributed by atoms with van der Waals surface area (Å²) in [5.41, 5.74) is 3.59. The minimum Gasteiger partial charge on any atom is -0.459 e. The van der Waals surface area contributed by atoms with Crippen LogP contribution >= 0.6 is 0 Å².